The highest BCUT2D eigenvalue weighted by atomic mass is 16.2. The van der Waals surface area contributed by atoms with Gasteiger partial charge in [-0.05, 0) is 30.5 Å². The zero-order valence-electron chi connectivity index (χ0n) is 13.5. The quantitative estimate of drug-likeness (QED) is 0.861. The summed E-state index contributed by atoms with van der Waals surface area (Å²) in [5.41, 5.74) is 2.55. The minimum atomic E-state index is -0.231. The Labute approximate surface area is 136 Å². The summed E-state index contributed by atoms with van der Waals surface area (Å²) in [5, 5.41) is 5.62. The van der Waals surface area contributed by atoms with E-state index in [1.807, 2.05) is 62.4 Å². The van der Waals surface area contributed by atoms with Crippen molar-refractivity contribution in [1.29, 1.82) is 0 Å². The van der Waals surface area contributed by atoms with Gasteiger partial charge in [-0.1, -0.05) is 55.5 Å². The third-order valence-corrected chi connectivity index (χ3v) is 3.74. The molecule has 0 aliphatic heterocycles. The summed E-state index contributed by atoms with van der Waals surface area (Å²) in [6, 6.07) is 17.1. The summed E-state index contributed by atoms with van der Waals surface area (Å²) in [7, 11) is 0. The molecule has 120 valence electrons. The highest BCUT2D eigenvalue weighted by Gasteiger charge is 2.14. The first-order chi connectivity index (χ1) is 11.1. The average molecular weight is 310 g/mol. The summed E-state index contributed by atoms with van der Waals surface area (Å²) in [6.07, 6.45) is 0.793. The van der Waals surface area contributed by atoms with Crippen molar-refractivity contribution in [2.45, 2.75) is 26.3 Å². The third kappa shape index (κ3) is 4.68. The van der Waals surface area contributed by atoms with Gasteiger partial charge in [-0.3, -0.25) is 9.59 Å². The number of amides is 2. The van der Waals surface area contributed by atoms with Crippen LogP contribution in [0.1, 0.15) is 40.9 Å². The Morgan fingerprint density at radius 1 is 1.00 bits per heavy atom. The maximum Gasteiger partial charge on any atom is 0.251 e. The predicted molar refractivity (Wildman–Crippen MR) is 91.1 cm³/mol. The first-order valence-corrected chi connectivity index (χ1v) is 7.80. The van der Waals surface area contributed by atoms with Crippen molar-refractivity contribution in [3.05, 3.63) is 71.3 Å². The van der Waals surface area contributed by atoms with Gasteiger partial charge in [-0.25, -0.2) is 0 Å². The normalized spacial score (nSPS) is 11.6. The molecule has 0 bridgehead atoms. The number of rotatable bonds is 6. The maximum atomic E-state index is 12.1. The SMILES string of the molecule is CC[C@H](NC(=O)CNC(=O)c1ccccc1C)c1ccccc1. The maximum absolute atomic E-state index is 12.1. The predicted octanol–water partition coefficient (Wildman–Crippen LogP) is 2.99. The van der Waals surface area contributed by atoms with E-state index in [4.69, 9.17) is 0 Å². The average Bonchev–Trinajstić information content (AvgIpc) is 2.58. The molecule has 0 spiro atoms. The summed E-state index contributed by atoms with van der Waals surface area (Å²) < 4.78 is 0. The number of hydrogen-bond acceptors (Lipinski definition) is 2. The monoisotopic (exact) mass is 310 g/mol. The van der Waals surface area contributed by atoms with E-state index in [0.717, 1.165) is 17.5 Å². The summed E-state index contributed by atoms with van der Waals surface area (Å²) in [6.45, 7) is 3.86. The number of nitrogens with one attached hydrogen (secondary N) is 2. The highest BCUT2D eigenvalue weighted by Crippen LogP contribution is 2.15. The second-order valence-corrected chi connectivity index (χ2v) is 5.44. The van der Waals surface area contributed by atoms with E-state index in [9.17, 15) is 9.59 Å². The van der Waals surface area contributed by atoms with Gasteiger partial charge in [0.25, 0.3) is 5.91 Å². The molecule has 0 fully saturated rings. The highest BCUT2D eigenvalue weighted by molar-refractivity contribution is 5.97. The van der Waals surface area contributed by atoms with Gasteiger partial charge in [0.2, 0.25) is 5.91 Å². The Morgan fingerprint density at radius 3 is 2.30 bits per heavy atom. The number of carbonyl (C=O) groups is 2. The largest absolute Gasteiger partial charge is 0.348 e. The van der Waals surface area contributed by atoms with Crippen LogP contribution in [0.25, 0.3) is 0 Å². The molecule has 0 aliphatic rings. The van der Waals surface area contributed by atoms with Crippen molar-refractivity contribution >= 4 is 11.8 Å². The zero-order chi connectivity index (χ0) is 16.7. The van der Waals surface area contributed by atoms with Gasteiger partial charge in [0.1, 0.15) is 0 Å². The van der Waals surface area contributed by atoms with Crippen LogP contribution in [0.15, 0.2) is 54.6 Å². The molecule has 23 heavy (non-hydrogen) atoms. The van der Waals surface area contributed by atoms with Gasteiger partial charge in [0, 0.05) is 5.56 Å². The van der Waals surface area contributed by atoms with Crippen molar-refractivity contribution in [3.63, 3.8) is 0 Å². The van der Waals surface area contributed by atoms with Gasteiger partial charge in [-0.2, -0.15) is 0 Å². The Hall–Kier alpha value is -2.62. The molecule has 0 radical (unpaired) electrons. The molecular weight excluding hydrogens is 288 g/mol. The Balaban J connectivity index is 1.90. The first kappa shape index (κ1) is 16.7. The number of hydrogen-bond donors (Lipinski definition) is 2. The molecule has 0 heterocycles. The molecule has 4 heteroatoms. The molecular formula is C19H22N2O2. The van der Waals surface area contributed by atoms with Crippen LogP contribution in [0.4, 0.5) is 0 Å². The third-order valence-electron chi connectivity index (χ3n) is 3.74. The molecule has 2 aromatic carbocycles. The molecule has 2 rings (SSSR count). The van der Waals surface area contributed by atoms with Crippen molar-refractivity contribution in [1.82, 2.24) is 10.6 Å². The Kier molecular flexibility index (Phi) is 5.92. The van der Waals surface area contributed by atoms with E-state index < -0.39 is 0 Å². The molecule has 0 saturated heterocycles. The summed E-state index contributed by atoms with van der Waals surface area (Å²) in [5.74, 6) is -0.423. The van der Waals surface area contributed by atoms with Crippen LogP contribution in [0.2, 0.25) is 0 Å². The van der Waals surface area contributed by atoms with Crippen molar-refractivity contribution < 1.29 is 9.59 Å². The van der Waals surface area contributed by atoms with Crippen LogP contribution in [-0.4, -0.2) is 18.4 Å². The number of aryl methyl sites for hydroxylation is 1. The molecule has 2 amide bonds. The number of carbonyl (C=O) groups excluding carboxylic acids is 2. The fourth-order valence-corrected chi connectivity index (χ4v) is 2.44. The van der Waals surface area contributed by atoms with E-state index in [2.05, 4.69) is 10.6 Å². The van der Waals surface area contributed by atoms with E-state index >= 15 is 0 Å². The second kappa shape index (κ2) is 8.13. The Morgan fingerprint density at radius 2 is 1.65 bits per heavy atom. The molecule has 1 atom stereocenters. The van der Waals surface area contributed by atoms with Crippen LogP contribution >= 0.6 is 0 Å². The van der Waals surface area contributed by atoms with Crippen LogP contribution in [0.3, 0.4) is 0 Å². The number of benzene rings is 2. The topological polar surface area (TPSA) is 58.2 Å². The molecule has 4 nitrogen and oxygen atoms in total. The molecule has 0 aromatic heterocycles. The lowest BCUT2D eigenvalue weighted by atomic mass is 10.0. The first-order valence-electron chi connectivity index (χ1n) is 7.80. The van der Waals surface area contributed by atoms with Crippen LogP contribution in [0.5, 0.6) is 0 Å². The fraction of sp³-hybridized carbons (Fsp3) is 0.263. The fourth-order valence-electron chi connectivity index (χ4n) is 2.44. The molecule has 2 N–H and O–H groups in total. The zero-order valence-corrected chi connectivity index (χ0v) is 13.5. The van der Waals surface area contributed by atoms with E-state index in [1.165, 1.54) is 0 Å². The van der Waals surface area contributed by atoms with Crippen molar-refractivity contribution in [2.24, 2.45) is 0 Å². The van der Waals surface area contributed by atoms with Gasteiger partial charge in [-0.15, -0.1) is 0 Å². The minimum Gasteiger partial charge on any atom is -0.348 e. The van der Waals surface area contributed by atoms with Gasteiger partial charge < -0.3 is 10.6 Å². The molecule has 0 aliphatic carbocycles. The van der Waals surface area contributed by atoms with Crippen LogP contribution in [-0.2, 0) is 4.79 Å². The standard InChI is InChI=1S/C19H22N2O2/c1-3-17(15-10-5-4-6-11-15)21-18(22)13-20-19(23)16-12-8-7-9-14(16)2/h4-12,17H,3,13H2,1-2H3,(H,20,23)(H,21,22)/t17-/m0/s1. The van der Waals surface area contributed by atoms with Gasteiger partial charge >= 0.3 is 0 Å². The molecule has 2 aromatic rings. The van der Waals surface area contributed by atoms with Crippen molar-refractivity contribution in [3.8, 4) is 0 Å². The molecule has 0 saturated carbocycles. The van der Waals surface area contributed by atoms with Crippen molar-refractivity contribution in [2.75, 3.05) is 6.54 Å². The van der Waals surface area contributed by atoms with Gasteiger partial charge in [0.05, 0.1) is 12.6 Å². The van der Waals surface area contributed by atoms with Crippen LogP contribution < -0.4 is 10.6 Å². The lowest BCUT2D eigenvalue weighted by Crippen LogP contribution is -2.38. The smallest absolute Gasteiger partial charge is 0.251 e. The minimum absolute atomic E-state index is 0.0312. The lowest BCUT2D eigenvalue weighted by Gasteiger charge is -2.17. The van der Waals surface area contributed by atoms with Crippen LogP contribution in [0, 0.1) is 6.92 Å². The van der Waals surface area contributed by atoms with E-state index in [0.29, 0.717) is 5.56 Å². The van der Waals surface area contributed by atoms with Gasteiger partial charge in [0.15, 0.2) is 0 Å². The van der Waals surface area contributed by atoms with E-state index in [-0.39, 0.29) is 24.4 Å². The van der Waals surface area contributed by atoms with E-state index in [1.54, 1.807) is 6.07 Å². The second-order valence-electron chi connectivity index (χ2n) is 5.44. The lowest BCUT2D eigenvalue weighted by molar-refractivity contribution is -0.120. The Bertz CT molecular complexity index is 668. The summed E-state index contributed by atoms with van der Waals surface area (Å²) >= 11 is 0. The summed E-state index contributed by atoms with van der Waals surface area (Å²) in [4.78, 5) is 24.2. The molecule has 0 unspecified atom stereocenters.